The molecule has 4 aromatic rings. The number of nitrogens with one attached hydrogen (secondary N) is 2. The van der Waals surface area contributed by atoms with Gasteiger partial charge in [0, 0.05) is 51.9 Å². The quantitative estimate of drug-likeness (QED) is 0.175. The zero-order valence-electron chi connectivity index (χ0n) is 21.3. The van der Waals surface area contributed by atoms with Gasteiger partial charge in [-0.3, -0.25) is 9.69 Å². The molecule has 40 heavy (non-hydrogen) atoms. The Bertz CT molecular complexity index is 1470. The van der Waals surface area contributed by atoms with Gasteiger partial charge in [-0.2, -0.15) is 19.5 Å². The fourth-order valence-electron chi connectivity index (χ4n) is 4.26. The van der Waals surface area contributed by atoms with E-state index < -0.39 is 30.3 Å². The topological polar surface area (TPSA) is 183 Å². The number of anilines is 3. The normalized spacial score (nSPS) is 14.9. The number of aromatic nitrogens is 5. The van der Waals surface area contributed by atoms with E-state index in [9.17, 15) is 18.7 Å². The highest BCUT2D eigenvalue weighted by molar-refractivity contribution is 5.95. The van der Waals surface area contributed by atoms with Crippen molar-refractivity contribution in [2.75, 3.05) is 68.4 Å². The average Bonchev–Trinajstić information content (AvgIpc) is 3.63. The van der Waals surface area contributed by atoms with Gasteiger partial charge in [0.1, 0.15) is 11.6 Å². The first kappa shape index (κ1) is 27.2. The van der Waals surface area contributed by atoms with E-state index in [1.807, 2.05) is 0 Å². The van der Waals surface area contributed by atoms with Gasteiger partial charge >= 0.3 is 0 Å². The monoisotopic (exact) mass is 558 g/mol. The molecule has 1 amide bonds. The summed E-state index contributed by atoms with van der Waals surface area (Å²) in [6.45, 7) is 2.44. The molecule has 3 aromatic heterocycles. The first-order chi connectivity index (χ1) is 19.3. The van der Waals surface area contributed by atoms with Gasteiger partial charge in [0.15, 0.2) is 5.76 Å². The maximum absolute atomic E-state index is 14.6. The van der Waals surface area contributed by atoms with E-state index in [4.69, 9.17) is 15.3 Å². The Morgan fingerprint density at radius 3 is 2.67 bits per heavy atom. The molecule has 1 atom stereocenters. The van der Waals surface area contributed by atoms with Crippen molar-refractivity contribution in [1.29, 1.82) is 0 Å². The number of aliphatic hydroxyl groups is 2. The number of aliphatic hydroxyl groups excluding tert-OH is 2. The second kappa shape index (κ2) is 11.8. The maximum Gasteiger partial charge on any atom is 0.259 e. The van der Waals surface area contributed by atoms with Crippen molar-refractivity contribution in [3.8, 4) is 11.6 Å². The van der Waals surface area contributed by atoms with Crippen LogP contribution in [0.4, 0.5) is 26.4 Å². The van der Waals surface area contributed by atoms with Crippen LogP contribution >= 0.6 is 0 Å². The molecule has 1 unspecified atom stereocenters. The Balaban J connectivity index is 1.15. The molecule has 1 fully saturated rings. The zero-order chi connectivity index (χ0) is 28.2. The number of benzene rings is 1. The summed E-state index contributed by atoms with van der Waals surface area (Å²) in [6.07, 6.45) is 0.341. The van der Waals surface area contributed by atoms with E-state index in [1.165, 1.54) is 16.8 Å². The van der Waals surface area contributed by atoms with Gasteiger partial charge in [-0.15, -0.1) is 5.10 Å². The lowest BCUT2D eigenvalue weighted by Crippen LogP contribution is -2.48. The lowest BCUT2D eigenvalue weighted by molar-refractivity contribution is 0.0799. The van der Waals surface area contributed by atoms with Crippen LogP contribution in [0, 0.1) is 11.6 Å². The van der Waals surface area contributed by atoms with Crippen LogP contribution in [0.2, 0.25) is 0 Å². The van der Waals surface area contributed by atoms with Crippen LogP contribution in [0.3, 0.4) is 0 Å². The number of fused-ring (bicyclic) bond motifs is 1. The van der Waals surface area contributed by atoms with Crippen LogP contribution < -0.4 is 21.3 Å². The predicted octanol–water partition coefficient (Wildman–Crippen LogP) is -0.0432. The third kappa shape index (κ3) is 5.93. The number of nitrogen functional groups attached to an aromatic ring is 1. The highest BCUT2D eigenvalue weighted by Gasteiger charge is 2.23. The van der Waals surface area contributed by atoms with Crippen LogP contribution in [0.25, 0.3) is 17.4 Å². The van der Waals surface area contributed by atoms with Crippen molar-refractivity contribution in [2.45, 2.75) is 6.10 Å². The van der Waals surface area contributed by atoms with Gasteiger partial charge < -0.3 is 35.9 Å². The number of halogens is 2. The average molecular weight is 559 g/mol. The van der Waals surface area contributed by atoms with E-state index in [2.05, 4.69) is 35.6 Å². The standard InChI is InChI=1S/C24H28F2N10O4/c25-16-11-17(26)18(10-15(16)21(39)29-12-14(38)13-37)35-7-5-34(6-8-35)4-3-28-23-31-22(27)36-24(32-23)30-20(33-36)19-2-1-9-40-19/h1-2,9-11,14,37-38H,3-8,12-13H2,(H,29,39)(H3,27,28,30,31,32,33). The minimum absolute atomic E-state index is 0.116. The van der Waals surface area contributed by atoms with Gasteiger partial charge in [-0.05, 0) is 18.2 Å². The van der Waals surface area contributed by atoms with Crippen LogP contribution in [0.15, 0.2) is 34.9 Å². The SMILES string of the molecule is Nc1nc(NCCN2CCN(c3cc(C(=O)NCC(O)CO)c(F)cc3F)CC2)nc2nc(-c3ccco3)nn12. The third-order valence-electron chi connectivity index (χ3n) is 6.39. The molecule has 0 bridgehead atoms. The second-order valence-corrected chi connectivity index (χ2v) is 9.12. The number of rotatable bonds is 10. The summed E-state index contributed by atoms with van der Waals surface area (Å²) in [6, 6.07) is 5.30. The molecule has 4 heterocycles. The molecule has 5 rings (SSSR count). The van der Waals surface area contributed by atoms with Crippen molar-refractivity contribution in [3.05, 3.63) is 47.7 Å². The largest absolute Gasteiger partial charge is 0.461 e. The number of nitrogens with zero attached hydrogens (tertiary/aromatic N) is 7. The van der Waals surface area contributed by atoms with Crippen molar-refractivity contribution in [2.24, 2.45) is 0 Å². The number of amides is 1. The molecule has 1 aliphatic heterocycles. The molecule has 1 aliphatic rings. The molecule has 1 saturated heterocycles. The smallest absolute Gasteiger partial charge is 0.259 e. The van der Waals surface area contributed by atoms with Crippen molar-refractivity contribution in [3.63, 3.8) is 0 Å². The third-order valence-corrected chi connectivity index (χ3v) is 6.39. The van der Waals surface area contributed by atoms with Crippen molar-refractivity contribution < 1.29 is 28.2 Å². The van der Waals surface area contributed by atoms with E-state index >= 15 is 0 Å². The van der Waals surface area contributed by atoms with E-state index in [0.717, 1.165) is 0 Å². The maximum atomic E-state index is 14.6. The molecule has 14 nitrogen and oxygen atoms in total. The molecule has 6 N–H and O–H groups in total. The molecule has 1 aromatic carbocycles. The number of hydrogen-bond acceptors (Lipinski definition) is 12. The number of carbonyl (C=O) groups excluding carboxylic acids is 1. The Morgan fingerprint density at radius 1 is 1.15 bits per heavy atom. The zero-order valence-corrected chi connectivity index (χ0v) is 21.3. The fraction of sp³-hybridized carbons (Fsp3) is 0.375. The van der Waals surface area contributed by atoms with Gasteiger partial charge in [0.25, 0.3) is 11.7 Å². The first-order valence-corrected chi connectivity index (χ1v) is 12.5. The minimum Gasteiger partial charge on any atom is -0.461 e. The number of carbonyl (C=O) groups is 1. The highest BCUT2D eigenvalue weighted by atomic mass is 19.1. The summed E-state index contributed by atoms with van der Waals surface area (Å²) < 4.78 is 35.5. The van der Waals surface area contributed by atoms with Crippen LogP contribution in [-0.2, 0) is 0 Å². The highest BCUT2D eigenvalue weighted by Crippen LogP contribution is 2.25. The number of nitrogens with two attached hydrogens (primary N) is 1. The van der Waals surface area contributed by atoms with Gasteiger partial charge in [-0.1, -0.05) is 0 Å². The summed E-state index contributed by atoms with van der Waals surface area (Å²) in [7, 11) is 0. The lowest BCUT2D eigenvalue weighted by atomic mass is 10.1. The van der Waals surface area contributed by atoms with Gasteiger partial charge in [0.2, 0.25) is 17.7 Å². The van der Waals surface area contributed by atoms with Crippen molar-refractivity contribution >= 4 is 29.3 Å². The van der Waals surface area contributed by atoms with Crippen LogP contribution in [0.5, 0.6) is 0 Å². The lowest BCUT2D eigenvalue weighted by Gasteiger charge is -2.36. The van der Waals surface area contributed by atoms with E-state index in [1.54, 1.807) is 17.0 Å². The van der Waals surface area contributed by atoms with Crippen LogP contribution in [0.1, 0.15) is 10.4 Å². The second-order valence-electron chi connectivity index (χ2n) is 9.12. The summed E-state index contributed by atoms with van der Waals surface area (Å²) >= 11 is 0. The summed E-state index contributed by atoms with van der Waals surface area (Å²) in [5.74, 6) is -1.07. The summed E-state index contributed by atoms with van der Waals surface area (Å²) in [4.78, 5) is 29.2. The molecular weight excluding hydrogens is 530 g/mol. The molecule has 0 radical (unpaired) electrons. The molecule has 212 valence electrons. The molecule has 0 spiro atoms. The van der Waals surface area contributed by atoms with E-state index in [0.29, 0.717) is 62.9 Å². The molecule has 16 heteroatoms. The fourth-order valence-corrected chi connectivity index (χ4v) is 4.26. The van der Waals surface area contributed by atoms with Gasteiger partial charge in [0.05, 0.1) is 30.2 Å². The Kier molecular flexibility index (Phi) is 7.99. The first-order valence-electron chi connectivity index (χ1n) is 12.5. The number of furan rings is 1. The summed E-state index contributed by atoms with van der Waals surface area (Å²) in [5.41, 5.74) is 5.80. The summed E-state index contributed by atoms with van der Waals surface area (Å²) in [5, 5.41) is 28.0. The number of piperazine rings is 1. The molecule has 0 aliphatic carbocycles. The van der Waals surface area contributed by atoms with Gasteiger partial charge in [-0.25, -0.2) is 8.78 Å². The Morgan fingerprint density at radius 2 is 1.95 bits per heavy atom. The minimum atomic E-state index is -1.18. The molecular formula is C24H28F2N10O4. The Labute approximate surface area is 226 Å². The van der Waals surface area contributed by atoms with Crippen LogP contribution in [-0.4, -0.2) is 104 Å². The Hall–Kier alpha value is -4.41. The van der Waals surface area contributed by atoms with Crippen molar-refractivity contribution in [1.82, 2.24) is 34.8 Å². The predicted molar refractivity (Wildman–Crippen MR) is 140 cm³/mol. The van der Waals surface area contributed by atoms with E-state index in [-0.39, 0.29) is 29.5 Å². The number of hydrogen-bond donors (Lipinski definition) is 5. The molecule has 0 saturated carbocycles.